The van der Waals surface area contributed by atoms with E-state index >= 15 is 0 Å². The molecule has 11 heteroatoms. The van der Waals surface area contributed by atoms with E-state index in [1.807, 2.05) is 24.3 Å². The van der Waals surface area contributed by atoms with Gasteiger partial charge in [-0.2, -0.15) is 0 Å². The number of amides is 2. The van der Waals surface area contributed by atoms with Crippen LogP contribution in [0.2, 0.25) is 0 Å². The molecule has 2 amide bonds. The van der Waals surface area contributed by atoms with Crippen LogP contribution in [0.25, 0.3) is 0 Å². The zero-order chi connectivity index (χ0) is 25.6. The first kappa shape index (κ1) is 26.8. The molecule has 1 heterocycles. The summed E-state index contributed by atoms with van der Waals surface area (Å²) in [5.74, 6) is 0.534. The lowest BCUT2D eigenvalue weighted by molar-refractivity contribution is -0.140. The Kier molecular flexibility index (Phi) is 9.01. The van der Waals surface area contributed by atoms with Gasteiger partial charge in [-0.3, -0.25) is 13.9 Å². The van der Waals surface area contributed by atoms with E-state index in [0.717, 1.165) is 16.3 Å². The Morgan fingerprint density at radius 3 is 2.49 bits per heavy atom. The molecule has 1 aliphatic heterocycles. The third-order valence-electron chi connectivity index (χ3n) is 5.62. The number of likely N-dealkylation sites (N-methyl/N-ethyl adjacent to an activating group) is 1. The molecule has 0 aromatic heterocycles. The van der Waals surface area contributed by atoms with Gasteiger partial charge in [-0.25, -0.2) is 8.42 Å². The SMILES string of the molecule is CNC(=O)C(C)N(Cc1cccc(Br)c1)C(=O)CCCN(c1ccc2c(c1)OCCO2)S(C)(=O)=O. The normalized spacial score (nSPS) is 13.6. The molecular weight excluding hydrogens is 538 g/mol. The fraction of sp³-hybridized carbons (Fsp3) is 0.417. The molecule has 0 radical (unpaired) electrons. The van der Waals surface area contributed by atoms with Crippen LogP contribution < -0.4 is 19.1 Å². The van der Waals surface area contributed by atoms with Gasteiger partial charge in [-0.05, 0) is 43.2 Å². The molecule has 3 rings (SSSR count). The van der Waals surface area contributed by atoms with Crippen molar-refractivity contribution in [2.45, 2.75) is 32.4 Å². The largest absolute Gasteiger partial charge is 0.486 e. The van der Waals surface area contributed by atoms with E-state index in [0.29, 0.717) is 30.4 Å². The van der Waals surface area contributed by atoms with E-state index in [1.54, 1.807) is 25.1 Å². The Morgan fingerprint density at radius 2 is 1.83 bits per heavy atom. The summed E-state index contributed by atoms with van der Waals surface area (Å²) in [6, 6.07) is 11.8. The minimum atomic E-state index is -3.61. The molecule has 1 unspecified atom stereocenters. The van der Waals surface area contributed by atoms with Crippen molar-refractivity contribution in [3.8, 4) is 11.5 Å². The average Bonchev–Trinajstić information content (AvgIpc) is 2.83. The van der Waals surface area contributed by atoms with E-state index in [-0.39, 0.29) is 37.7 Å². The maximum absolute atomic E-state index is 13.2. The number of carbonyl (C=O) groups excluding carboxylic acids is 2. The number of anilines is 1. The molecule has 0 spiro atoms. The topological polar surface area (TPSA) is 105 Å². The number of hydrogen-bond acceptors (Lipinski definition) is 6. The van der Waals surface area contributed by atoms with Crippen LogP contribution in [0, 0.1) is 0 Å². The number of carbonyl (C=O) groups is 2. The molecular formula is C24H30BrN3O6S. The molecule has 0 bridgehead atoms. The number of nitrogens with one attached hydrogen (secondary N) is 1. The summed E-state index contributed by atoms with van der Waals surface area (Å²) in [6.07, 6.45) is 1.47. The Bertz CT molecular complexity index is 1170. The standard InChI is InChI=1S/C24H30BrN3O6S/c1-17(24(30)26-2)27(16-18-6-4-7-19(25)14-18)23(29)8-5-11-28(35(3,31)32)20-9-10-21-22(15-20)34-13-12-33-21/h4,6-7,9-10,14-15,17H,5,8,11-13,16H2,1-3H3,(H,26,30). The number of hydrogen-bond donors (Lipinski definition) is 1. The predicted molar refractivity (Wildman–Crippen MR) is 137 cm³/mol. The Hall–Kier alpha value is -2.79. The highest BCUT2D eigenvalue weighted by molar-refractivity contribution is 9.10. The van der Waals surface area contributed by atoms with Gasteiger partial charge in [0.05, 0.1) is 11.9 Å². The van der Waals surface area contributed by atoms with Crippen LogP contribution in [0.5, 0.6) is 11.5 Å². The first-order valence-corrected chi connectivity index (χ1v) is 13.9. The highest BCUT2D eigenvalue weighted by atomic mass is 79.9. The third-order valence-corrected chi connectivity index (χ3v) is 7.31. The number of sulfonamides is 1. The third kappa shape index (κ3) is 7.11. The summed E-state index contributed by atoms with van der Waals surface area (Å²) in [5, 5.41) is 2.59. The van der Waals surface area contributed by atoms with Crippen molar-refractivity contribution >= 4 is 43.5 Å². The second-order valence-corrected chi connectivity index (χ2v) is 11.0. The molecule has 2 aromatic carbocycles. The van der Waals surface area contributed by atoms with Crippen molar-refractivity contribution in [1.82, 2.24) is 10.2 Å². The summed E-state index contributed by atoms with van der Waals surface area (Å²) < 4.78 is 38.3. The van der Waals surface area contributed by atoms with Crippen molar-refractivity contribution < 1.29 is 27.5 Å². The van der Waals surface area contributed by atoms with Gasteiger partial charge < -0.3 is 19.7 Å². The van der Waals surface area contributed by atoms with E-state index in [4.69, 9.17) is 9.47 Å². The van der Waals surface area contributed by atoms with Crippen LogP contribution in [0.3, 0.4) is 0 Å². The van der Waals surface area contributed by atoms with Crippen molar-refractivity contribution in [1.29, 1.82) is 0 Å². The van der Waals surface area contributed by atoms with Gasteiger partial charge in [-0.15, -0.1) is 0 Å². The average molecular weight is 568 g/mol. The van der Waals surface area contributed by atoms with Crippen molar-refractivity contribution in [3.63, 3.8) is 0 Å². The first-order valence-electron chi connectivity index (χ1n) is 11.2. The van der Waals surface area contributed by atoms with Gasteiger partial charge in [0, 0.05) is 37.1 Å². The molecule has 35 heavy (non-hydrogen) atoms. The number of rotatable bonds is 10. The number of benzene rings is 2. The van der Waals surface area contributed by atoms with E-state index in [2.05, 4.69) is 21.2 Å². The number of ether oxygens (including phenoxy) is 2. The van der Waals surface area contributed by atoms with Gasteiger partial charge in [0.25, 0.3) is 0 Å². The molecule has 0 saturated carbocycles. The van der Waals surface area contributed by atoms with E-state index < -0.39 is 16.1 Å². The Morgan fingerprint density at radius 1 is 1.11 bits per heavy atom. The zero-order valence-electron chi connectivity index (χ0n) is 20.0. The van der Waals surface area contributed by atoms with Crippen molar-refractivity contribution in [2.24, 2.45) is 0 Å². The fourth-order valence-electron chi connectivity index (χ4n) is 3.81. The number of fused-ring (bicyclic) bond motifs is 1. The van der Waals surface area contributed by atoms with Crippen molar-refractivity contribution in [3.05, 3.63) is 52.5 Å². The first-order chi connectivity index (χ1) is 16.6. The number of halogens is 1. The van der Waals surface area contributed by atoms with Crippen molar-refractivity contribution in [2.75, 3.05) is 37.4 Å². The molecule has 2 aromatic rings. The second kappa shape index (κ2) is 11.8. The second-order valence-electron chi connectivity index (χ2n) is 8.21. The predicted octanol–water partition coefficient (Wildman–Crippen LogP) is 2.93. The van der Waals surface area contributed by atoms with Gasteiger partial charge in [0.15, 0.2) is 11.5 Å². The van der Waals surface area contributed by atoms with Gasteiger partial charge in [0.2, 0.25) is 21.8 Å². The Balaban J connectivity index is 1.72. The summed E-state index contributed by atoms with van der Waals surface area (Å²) in [4.78, 5) is 27.0. The van der Waals surface area contributed by atoms with Crippen LogP contribution in [-0.2, 0) is 26.2 Å². The van der Waals surface area contributed by atoms with Crippen LogP contribution in [0.4, 0.5) is 5.69 Å². The summed E-state index contributed by atoms with van der Waals surface area (Å²) in [6.45, 7) is 2.86. The lowest BCUT2D eigenvalue weighted by Gasteiger charge is -2.29. The molecule has 1 atom stereocenters. The monoisotopic (exact) mass is 567 g/mol. The van der Waals surface area contributed by atoms with Gasteiger partial charge in [-0.1, -0.05) is 28.1 Å². The molecule has 1 N–H and O–H groups in total. The summed E-state index contributed by atoms with van der Waals surface area (Å²) in [5.41, 5.74) is 1.31. The molecule has 0 saturated heterocycles. The van der Waals surface area contributed by atoms with Gasteiger partial charge >= 0.3 is 0 Å². The quantitative estimate of drug-likeness (QED) is 0.473. The highest BCUT2D eigenvalue weighted by Crippen LogP contribution is 2.34. The van der Waals surface area contributed by atoms with E-state index in [9.17, 15) is 18.0 Å². The maximum Gasteiger partial charge on any atom is 0.242 e. The molecule has 9 nitrogen and oxygen atoms in total. The van der Waals surface area contributed by atoms with E-state index in [1.165, 1.54) is 16.3 Å². The van der Waals surface area contributed by atoms with Gasteiger partial charge in [0.1, 0.15) is 19.3 Å². The van der Waals surface area contributed by atoms with Crippen LogP contribution in [-0.4, -0.2) is 64.2 Å². The number of nitrogens with zero attached hydrogens (tertiary/aromatic N) is 2. The van der Waals surface area contributed by atoms with Crippen LogP contribution >= 0.6 is 15.9 Å². The minimum absolute atomic E-state index is 0.0753. The summed E-state index contributed by atoms with van der Waals surface area (Å²) in [7, 11) is -2.08. The Labute approximate surface area is 214 Å². The smallest absolute Gasteiger partial charge is 0.242 e. The highest BCUT2D eigenvalue weighted by Gasteiger charge is 2.26. The molecule has 190 valence electrons. The maximum atomic E-state index is 13.2. The molecule has 1 aliphatic rings. The minimum Gasteiger partial charge on any atom is -0.486 e. The zero-order valence-corrected chi connectivity index (χ0v) is 22.4. The van der Waals surface area contributed by atoms with Crippen LogP contribution in [0.1, 0.15) is 25.3 Å². The molecule has 0 fully saturated rings. The lowest BCUT2D eigenvalue weighted by atomic mass is 10.1. The summed E-state index contributed by atoms with van der Waals surface area (Å²) >= 11 is 3.43. The van der Waals surface area contributed by atoms with Crippen LogP contribution in [0.15, 0.2) is 46.9 Å². The lowest BCUT2D eigenvalue weighted by Crippen LogP contribution is -2.46. The fourth-order valence-corrected chi connectivity index (χ4v) is 5.22. The molecule has 0 aliphatic carbocycles.